The number of rotatable bonds is 10. The van der Waals surface area contributed by atoms with E-state index in [2.05, 4.69) is 36.3 Å². The van der Waals surface area contributed by atoms with Crippen molar-refractivity contribution in [2.24, 2.45) is 23.7 Å². The van der Waals surface area contributed by atoms with Crippen LogP contribution in [0.5, 0.6) is 0 Å². The van der Waals surface area contributed by atoms with Crippen molar-refractivity contribution >= 4 is 17.9 Å². The molecular weight excluding hydrogens is 484 g/mol. The fraction of sp³-hybridized carbons (Fsp3) is 0.897. The lowest BCUT2D eigenvalue weighted by molar-refractivity contribution is -0.134. The van der Waals surface area contributed by atoms with Gasteiger partial charge in [0.1, 0.15) is 17.4 Å². The van der Waals surface area contributed by atoms with E-state index < -0.39 is 23.5 Å². The van der Waals surface area contributed by atoms with E-state index in [1.807, 2.05) is 55.5 Å². The normalized spacial score (nSPS) is 26.6. The topological polar surface area (TPSA) is 100 Å². The number of nitrogens with zero attached hydrogens (tertiary/aromatic N) is 2. The van der Waals surface area contributed by atoms with Gasteiger partial charge < -0.3 is 25.0 Å². The third-order valence-electron chi connectivity index (χ3n) is 7.40. The maximum absolute atomic E-state index is 13.7. The molecule has 2 saturated heterocycles. The van der Waals surface area contributed by atoms with Crippen LogP contribution in [0.3, 0.4) is 0 Å². The van der Waals surface area contributed by atoms with Gasteiger partial charge in [-0.1, -0.05) is 41.0 Å². The van der Waals surface area contributed by atoms with E-state index in [1.54, 1.807) is 4.90 Å². The van der Waals surface area contributed by atoms with Gasteiger partial charge in [0.15, 0.2) is 0 Å². The molecule has 0 radical (unpaired) electrons. The fourth-order valence-corrected chi connectivity index (χ4v) is 5.71. The highest BCUT2D eigenvalue weighted by molar-refractivity contribution is 5.89. The number of nitrogens with one attached hydrogen (secondary N) is 2. The average molecular weight is 539 g/mol. The molecule has 9 heteroatoms. The van der Waals surface area contributed by atoms with Crippen molar-refractivity contribution in [2.45, 2.75) is 118 Å². The minimum Gasteiger partial charge on any atom is -0.444 e. The van der Waals surface area contributed by atoms with Crippen molar-refractivity contribution in [3.63, 3.8) is 0 Å². The maximum atomic E-state index is 13.7. The molecule has 0 aromatic rings. The summed E-state index contributed by atoms with van der Waals surface area (Å²) in [4.78, 5) is 43.9. The summed E-state index contributed by atoms with van der Waals surface area (Å²) in [6, 6.07) is -0.832. The van der Waals surface area contributed by atoms with E-state index in [0.29, 0.717) is 25.6 Å². The molecule has 0 saturated carbocycles. The monoisotopic (exact) mass is 538 g/mol. The summed E-state index contributed by atoms with van der Waals surface area (Å²) < 4.78 is 12.4. The highest BCUT2D eigenvalue weighted by Gasteiger charge is 2.56. The standard InChI is InChI=1S/C29H54N4O5/c1-12-13-14-30-26(35)23(19(4)5)31-25(34)21-17-32(11)16-20(21)24-22(15-18(2)3)33(29(9,10)37-24)27(36)38-28(6,7)8/h18-24H,12-17H2,1-11H3,(H,30,35)(H,31,34)/t20-,21-,22+,23+,24+/m1/s1. The molecular formula is C29H54N4O5. The first-order chi connectivity index (χ1) is 17.5. The molecule has 2 aliphatic heterocycles. The summed E-state index contributed by atoms with van der Waals surface area (Å²) in [5, 5.41) is 6.03. The molecule has 220 valence electrons. The Morgan fingerprint density at radius 3 is 2.26 bits per heavy atom. The van der Waals surface area contributed by atoms with E-state index in [1.165, 1.54) is 0 Å². The molecule has 0 bridgehead atoms. The smallest absolute Gasteiger partial charge is 0.412 e. The largest absolute Gasteiger partial charge is 0.444 e. The summed E-state index contributed by atoms with van der Waals surface area (Å²) in [6.45, 7) is 21.4. The van der Waals surface area contributed by atoms with Crippen LogP contribution in [0.2, 0.25) is 0 Å². The van der Waals surface area contributed by atoms with E-state index in [4.69, 9.17) is 9.47 Å². The molecule has 0 aromatic heterocycles. The van der Waals surface area contributed by atoms with Gasteiger partial charge in [0.25, 0.3) is 0 Å². The Kier molecular flexibility index (Phi) is 11.1. The van der Waals surface area contributed by atoms with Crippen molar-refractivity contribution in [2.75, 3.05) is 26.7 Å². The second-order valence-corrected chi connectivity index (χ2v) is 13.4. The molecule has 2 heterocycles. The Morgan fingerprint density at radius 1 is 1.11 bits per heavy atom. The SMILES string of the molecule is CCCCNC(=O)[C@@H](NC(=O)[C@@H]1CN(C)C[C@H]1[C@@H]1OC(C)(C)N(C(=O)OC(C)(C)C)[C@H]1CC(C)C)C(C)C. The molecule has 5 atom stereocenters. The van der Waals surface area contributed by atoms with Crippen LogP contribution in [0, 0.1) is 23.7 Å². The first-order valence-electron chi connectivity index (χ1n) is 14.4. The summed E-state index contributed by atoms with van der Waals surface area (Å²) in [7, 11) is 2.00. The average Bonchev–Trinajstić information content (AvgIpc) is 3.26. The third-order valence-corrected chi connectivity index (χ3v) is 7.40. The Morgan fingerprint density at radius 2 is 1.74 bits per heavy atom. The van der Waals surface area contributed by atoms with Crippen LogP contribution in [-0.4, -0.2) is 83.9 Å². The van der Waals surface area contributed by atoms with Crippen LogP contribution in [0.1, 0.15) is 88.5 Å². The van der Waals surface area contributed by atoms with Crippen molar-refractivity contribution in [3.8, 4) is 0 Å². The van der Waals surface area contributed by atoms with Crippen molar-refractivity contribution < 1.29 is 23.9 Å². The molecule has 0 unspecified atom stereocenters. The number of likely N-dealkylation sites (tertiary alicyclic amines) is 1. The predicted molar refractivity (Wildman–Crippen MR) is 149 cm³/mol. The zero-order valence-corrected chi connectivity index (χ0v) is 25.7. The number of carbonyl (C=O) groups excluding carboxylic acids is 3. The van der Waals surface area contributed by atoms with Gasteiger partial charge >= 0.3 is 6.09 Å². The predicted octanol–water partition coefficient (Wildman–Crippen LogP) is 4.01. The minimum absolute atomic E-state index is 0.0452. The molecule has 2 fully saturated rings. The van der Waals surface area contributed by atoms with E-state index >= 15 is 0 Å². The zero-order chi connectivity index (χ0) is 29.0. The summed E-state index contributed by atoms with van der Waals surface area (Å²) in [5.74, 6) is -0.504. The van der Waals surface area contributed by atoms with Gasteiger partial charge in [0.05, 0.1) is 18.1 Å². The molecule has 0 aromatic carbocycles. The van der Waals surface area contributed by atoms with Gasteiger partial charge in [-0.2, -0.15) is 0 Å². The molecule has 2 rings (SSSR count). The molecule has 0 spiro atoms. The van der Waals surface area contributed by atoms with Crippen molar-refractivity contribution in [3.05, 3.63) is 0 Å². The van der Waals surface area contributed by atoms with E-state index in [0.717, 1.165) is 19.3 Å². The van der Waals surface area contributed by atoms with Crippen LogP contribution in [0.15, 0.2) is 0 Å². The zero-order valence-electron chi connectivity index (χ0n) is 25.7. The highest BCUT2D eigenvalue weighted by Crippen LogP contribution is 2.43. The summed E-state index contributed by atoms with van der Waals surface area (Å²) >= 11 is 0. The molecule has 2 N–H and O–H groups in total. The number of hydrogen-bond acceptors (Lipinski definition) is 6. The van der Waals surface area contributed by atoms with E-state index in [9.17, 15) is 14.4 Å². The third kappa shape index (κ3) is 8.31. The Balaban J connectivity index is 2.32. The lowest BCUT2D eigenvalue weighted by atomic mass is 9.83. The molecule has 9 nitrogen and oxygen atoms in total. The second-order valence-electron chi connectivity index (χ2n) is 13.4. The van der Waals surface area contributed by atoms with Crippen LogP contribution in [0.4, 0.5) is 4.79 Å². The molecule has 0 aliphatic carbocycles. The Hall–Kier alpha value is -1.87. The number of ether oxygens (including phenoxy) is 2. The first kappa shape index (κ1) is 32.3. The second kappa shape index (κ2) is 13.0. The van der Waals surface area contributed by atoms with Crippen LogP contribution in [-0.2, 0) is 19.1 Å². The highest BCUT2D eigenvalue weighted by atomic mass is 16.6. The summed E-state index contributed by atoms with van der Waals surface area (Å²) in [5.41, 5.74) is -1.51. The van der Waals surface area contributed by atoms with Gasteiger partial charge in [-0.25, -0.2) is 4.79 Å². The van der Waals surface area contributed by atoms with Crippen LogP contribution < -0.4 is 10.6 Å². The fourth-order valence-electron chi connectivity index (χ4n) is 5.71. The molecule has 3 amide bonds. The Bertz CT molecular complexity index is 822. The quantitative estimate of drug-likeness (QED) is 0.408. The molecule has 38 heavy (non-hydrogen) atoms. The maximum Gasteiger partial charge on any atom is 0.412 e. The van der Waals surface area contributed by atoms with Gasteiger partial charge in [0.2, 0.25) is 11.8 Å². The van der Waals surface area contributed by atoms with Crippen LogP contribution in [0.25, 0.3) is 0 Å². The minimum atomic E-state index is -0.881. The number of amides is 3. The number of hydrogen-bond donors (Lipinski definition) is 2. The van der Waals surface area contributed by atoms with Crippen molar-refractivity contribution in [1.82, 2.24) is 20.4 Å². The molecule has 2 aliphatic rings. The first-order valence-corrected chi connectivity index (χ1v) is 14.4. The lowest BCUT2D eigenvalue weighted by Gasteiger charge is -2.36. The number of carbonyl (C=O) groups is 3. The summed E-state index contributed by atoms with van der Waals surface area (Å²) in [6.07, 6.45) is 1.89. The number of unbranched alkanes of at least 4 members (excludes halogenated alkanes) is 1. The van der Waals surface area contributed by atoms with Gasteiger partial charge in [-0.15, -0.1) is 0 Å². The Labute approximate surface area is 230 Å². The van der Waals surface area contributed by atoms with Crippen molar-refractivity contribution in [1.29, 1.82) is 0 Å². The lowest BCUT2D eigenvalue weighted by Crippen LogP contribution is -2.54. The van der Waals surface area contributed by atoms with Crippen LogP contribution >= 0.6 is 0 Å². The van der Waals surface area contributed by atoms with Gasteiger partial charge in [-0.3, -0.25) is 14.5 Å². The van der Waals surface area contributed by atoms with Gasteiger partial charge in [0, 0.05) is 25.6 Å². The van der Waals surface area contributed by atoms with Gasteiger partial charge in [-0.05, 0) is 66.3 Å². The van der Waals surface area contributed by atoms with E-state index in [-0.39, 0.29) is 41.7 Å².